The molecule has 1 atom stereocenters. The van der Waals surface area contributed by atoms with Gasteiger partial charge in [0.1, 0.15) is 5.75 Å². The number of carbonyl (C=O) groups is 1. The zero-order chi connectivity index (χ0) is 14.4. The number of benzene rings is 1. The standard InChI is InChI=1S/C15H22ClNO2/c1-4-11(5-2)13(16)9-17-15(19)12-7-6-10(3)14(18)8-12/h6-8,11,13,18H,4-5,9H2,1-3H3,(H,17,19). The SMILES string of the molecule is CCC(CC)C(Cl)CNC(=O)c1ccc(C)c(O)c1. The van der Waals surface area contributed by atoms with Crippen LogP contribution in [0.5, 0.6) is 5.75 Å². The minimum atomic E-state index is -0.202. The summed E-state index contributed by atoms with van der Waals surface area (Å²) in [5, 5.41) is 12.3. The van der Waals surface area contributed by atoms with E-state index in [2.05, 4.69) is 19.2 Å². The molecule has 1 amide bonds. The van der Waals surface area contributed by atoms with Gasteiger partial charge in [0.15, 0.2) is 0 Å². The third-order valence-corrected chi connectivity index (χ3v) is 4.00. The van der Waals surface area contributed by atoms with Crippen LogP contribution in [0.3, 0.4) is 0 Å². The number of nitrogens with one attached hydrogen (secondary N) is 1. The second-order valence-corrected chi connectivity index (χ2v) is 5.36. The summed E-state index contributed by atoms with van der Waals surface area (Å²) in [6.45, 7) is 6.44. The molecule has 1 aromatic carbocycles. The summed E-state index contributed by atoms with van der Waals surface area (Å²) >= 11 is 6.27. The average molecular weight is 284 g/mol. The highest BCUT2D eigenvalue weighted by atomic mass is 35.5. The van der Waals surface area contributed by atoms with Gasteiger partial charge in [-0.1, -0.05) is 32.8 Å². The summed E-state index contributed by atoms with van der Waals surface area (Å²) in [5.74, 6) is 0.343. The van der Waals surface area contributed by atoms with Crippen LogP contribution in [-0.2, 0) is 0 Å². The molecule has 1 aromatic rings. The fourth-order valence-corrected chi connectivity index (χ4v) is 2.44. The highest BCUT2D eigenvalue weighted by molar-refractivity contribution is 6.21. The molecule has 0 aliphatic carbocycles. The molecule has 0 saturated heterocycles. The molecule has 0 fully saturated rings. The van der Waals surface area contributed by atoms with Crippen LogP contribution in [0.25, 0.3) is 0 Å². The van der Waals surface area contributed by atoms with Crippen molar-refractivity contribution in [1.82, 2.24) is 5.32 Å². The van der Waals surface area contributed by atoms with E-state index < -0.39 is 0 Å². The molecule has 0 radical (unpaired) electrons. The molecular weight excluding hydrogens is 262 g/mol. The number of hydrogen-bond donors (Lipinski definition) is 2. The highest BCUT2D eigenvalue weighted by Gasteiger charge is 2.17. The first kappa shape index (κ1) is 15.8. The van der Waals surface area contributed by atoms with Crippen molar-refractivity contribution in [2.24, 2.45) is 5.92 Å². The van der Waals surface area contributed by atoms with E-state index in [0.717, 1.165) is 18.4 Å². The van der Waals surface area contributed by atoms with Gasteiger partial charge in [0, 0.05) is 12.1 Å². The first-order valence-corrected chi connectivity index (χ1v) is 7.15. The maximum Gasteiger partial charge on any atom is 0.251 e. The lowest BCUT2D eigenvalue weighted by atomic mass is 9.99. The maximum absolute atomic E-state index is 11.9. The van der Waals surface area contributed by atoms with E-state index >= 15 is 0 Å². The number of halogens is 1. The molecule has 0 heterocycles. The van der Waals surface area contributed by atoms with E-state index in [1.165, 1.54) is 6.07 Å². The summed E-state index contributed by atoms with van der Waals surface area (Å²) < 4.78 is 0. The Kier molecular flexibility index (Phi) is 6.16. The second kappa shape index (κ2) is 7.39. The number of carbonyl (C=O) groups excluding carboxylic acids is 1. The number of phenols is 1. The second-order valence-electron chi connectivity index (χ2n) is 4.80. The van der Waals surface area contributed by atoms with Crippen LogP contribution in [0, 0.1) is 12.8 Å². The van der Waals surface area contributed by atoms with E-state index in [0.29, 0.717) is 18.0 Å². The average Bonchev–Trinajstić information content (AvgIpc) is 2.40. The Morgan fingerprint density at radius 2 is 2.00 bits per heavy atom. The first-order valence-electron chi connectivity index (χ1n) is 6.71. The van der Waals surface area contributed by atoms with E-state index in [4.69, 9.17) is 11.6 Å². The third-order valence-electron chi connectivity index (χ3n) is 3.49. The summed E-state index contributed by atoms with van der Waals surface area (Å²) in [6.07, 6.45) is 2.01. The fraction of sp³-hybridized carbons (Fsp3) is 0.533. The monoisotopic (exact) mass is 283 g/mol. The van der Waals surface area contributed by atoms with Crippen LogP contribution in [0.1, 0.15) is 42.6 Å². The predicted octanol–water partition coefficient (Wildman–Crippen LogP) is 3.47. The summed E-state index contributed by atoms with van der Waals surface area (Å²) in [7, 11) is 0. The molecule has 0 bridgehead atoms. The van der Waals surface area contributed by atoms with Crippen LogP contribution >= 0.6 is 11.6 Å². The van der Waals surface area contributed by atoms with E-state index in [9.17, 15) is 9.90 Å². The molecule has 4 heteroatoms. The molecule has 0 aliphatic rings. The number of phenolic OH excluding ortho intramolecular Hbond substituents is 1. The number of aryl methyl sites for hydroxylation is 1. The van der Waals surface area contributed by atoms with Crippen molar-refractivity contribution >= 4 is 17.5 Å². The minimum absolute atomic E-state index is 0.0574. The molecule has 0 saturated carbocycles. The molecule has 0 aliphatic heterocycles. The van der Waals surface area contributed by atoms with Gasteiger partial charge in [0.25, 0.3) is 5.91 Å². The van der Waals surface area contributed by atoms with Crippen molar-refractivity contribution in [3.8, 4) is 5.75 Å². The Morgan fingerprint density at radius 3 is 2.53 bits per heavy atom. The fourth-order valence-electron chi connectivity index (χ4n) is 2.01. The zero-order valence-electron chi connectivity index (χ0n) is 11.7. The van der Waals surface area contributed by atoms with Gasteiger partial charge in [0.2, 0.25) is 0 Å². The van der Waals surface area contributed by atoms with Crippen LogP contribution in [0.2, 0.25) is 0 Å². The lowest BCUT2D eigenvalue weighted by molar-refractivity contribution is 0.0951. The molecular formula is C15H22ClNO2. The topological polar surface area (TPSA) is 49.3 Å². The molecule has 1 rings (SSSR count). The van der Waals surface area contributed by atoms with Gasteiger partial charge in [-0.15, -0.1) is 11.6 Å². The quantitative estimate of drug-likeness (QED) is 0.786. The number of alkyl halides is 1. The maximum atomic E-state index is 11.9. The van der Waals surface area contributed by atoms with Crippen LogP contribution in [0.15, 0.2) is 18.2 Å². The van der Waals surface area contributed by atoms with Crippen molar-refractivity contribution < 1.29 is 9.90 Å². The molecule has 0 aromatic heterocycles. The molecule has 106 valence electrons. The van der Waals surface area contributed by atoms with E-state index in [1.54, 1.807) is 19.1 Å². The predicted molar refractivity (Wildman–Crippen MR) is 78.9 cm³/mol. The molecule has 3 nitrogen and oxygen atoms in total. The van der Waals surface area contributed by atoms with Crippen molar-refractivity contribution in [1.29, 1.82) is 0 Å². The molecule has 2 N–H and O–H groups in total. The van der Waals surface area contributed by atoms with Gasteiger partial charge in [-0.05, 0) is 30.5 Å². The Hall–Kier alpha value is -1.22. The van der Waals surface area contributed by atoms with Crippen LogP contribution < -0.4 is 5.32 Å². The van der Waals surface area contributed by atoms with Crippen LogP contribution in [-0.4, -0.2) is 22.9 Å². The molecule has 0 spiro atoms. The Bertz CT molecular complexity index is 430. The molecule has 1 unspecified atom stereocenters. The zero-order valence-corrected chi connectivity index (χ0v) is 12.5. The lowest BCUT2D eigenvalue weighted by Gasteiger charge is -2.19. The summed E-state index contributed by atoms with van der Waals surface area (Å²) in [6, 6.07) is 4.90. The van der Waals surface area contributed by atoms with Gasteiger partial charge in [-0.3, -0.25) is 4.79 Å². The van der Waals surface area contributed by atoms with Gasteiger partial charge in [-0.2, -0.15) is 0 Å². The summed E-state index contributed by atoms with van der Waals surface area (Å²) in [4.78, 5) is 11.9. The van der Waals surface area contributed by atoms with Crippen molar-refractivity contribution in [3.63, 3.8) is 0 Å². The normalized spacial score (nSPS) is 12.5. The number of amides is 1. The third kappa shape index (κ3) is 4.43. The summed E-state index contributed by atoms with van der Waals surface area (Å²) in [5.41, 5.74) is 1.21. The Labute approximate surface area is 120 Å². The lowest BCUT2D eigenvalue weighted by Crippen LogP contribution is -2.33. The van der Waals surface area contributed by atoms with Crippen molar-refractivity contribution in [3.05, 3.63) is 29.3 Å². The van der Waals surface area contributed by atoms with E-state index in [1.807, 2.05) is 0 Å². The largest absolute Gasteiger partial charge is 0.508 e. The van der Waals surface area contributed by atoms with Gasteiger partial charge in [-0.25, -0.2) is 0 Å². The number of aromatic hydroxyl groups is 1. The minimum Gasteiger partial charge on any atom is -0.508 e. The number of hydrogen-bond acceptors (Lipinski definition) is 2. The van der Waals surface area contributed by atoms with Crippen molar-refractivity contribution in [2.75, 3.05) is 6.54 Å². The smallest absolute Gasteiger partial charge is 0.251 e. The van der Waals surface area contributed by atoms with Gasteiger partial charge >= 0.3 is 0 Å². The Balaban J connectivity index is 2.58. The van der Waals surface area contributed by atoms with Gasteiger partial charge < -0.3 is 10.4 Å². The van der Waals surface area contributed by atoms with Crippen LogP contribution in [0.4, 0.5) is 0 Å². The number of rotatable bonds is 6. The van der Waals surface area contributed by atoms with E-state index in [-0.39, 0.29) is 17.0 Å². The highest BCUT2D eigenvalue weighted by Crippen LogP contribution is 2.19. The van der Waals surface area contributed by atoms with Gasteiger partial charge in [0.05, 0.1) is 5.38 Å². The first-order chi connectivity index (χ1) is 8.99. The Morgan fingerprint density at radius 1 is 1.37 bits per heavy atom. The van der Waals surface area contributed by atoms with Crippen molar-refractivity contribution in [2.45, 2.75) is 39.0 Å². The molecule has 19 heavy (non-hydrogen) atoms.